The summed E-state index contributed by atoms with van der Waals surface area (Å²) < 4.78 is 17.2. The molecule has 160 valence electrons. The standard InChI is InChI=1S/C23H29N3O4/c1-8-28-22(27)30-14-29-21(20-15(2)16(3)25-26(20)7)19(13-24)17-9-11-18(12-10-17)23(4,5)6/h9-12H,8,14H2,1-7H3/b21-19-. The molecular formula is C23H29N3O4. The zero-order valence-electron chi connectivity index (χ0n) is 18.7. The molecular weight excluding hydrogens is 382 g/mol. The SMILES string of the molecule is CCOC(=O)OCO/C(=C(/C#N)c1ccc(C(C)(C)C)cc1)c1c(C)c(C)nn1C. The van der Waals surface area contributed by atoms with Gasteiger partial charge in [0.1, 0.15) is 17.3 Å². The molecule has 0 N–H and O–H groups in total. The lowest BCUT2D eigenvalue weighted by atomic mass is 9.86. The quantitative estimate of drug-likeness (QED) is 0.292. The van der Waals surface area contributed by atoms with E-state index in [-0.39, 0.29) is 18.8 Å². The minimum Gasteiger partial charge on any atom is -0.454 e. The van der Waals surface area contributed by atoms with Gasteiger partial charge in [0.05, 0.1) is 12.3 Å². The van der Waals surface area contributed by atoms with E-state index >= 15 is 0 Å². The van der Waals surface area contributed by atoms with E-state index in [1.165, 1.54) is 0 Å². The smallest absolute Gasteiger partial charge is 0.454 e. The van der Waals surface area contributed by atoms with E-state index in [2.05, 4.69) is 31.9 Å². The number of allylic oxidation sites excluding steroid dienone is 1. The molecule has 0 atom stereocenters. The summed E-state index contributed by atoms with van der Waals surface area (Å²) in [6.07, 6.45) is -0.831. The Hall–Kier alpha value is -3.27. The van der Waals surface area contributed by atoms with Gasteiger partial charge in [0.2, 0.25) is 6.79 Å². The van der Waals surface area contributed by atoms with E-state index in [4.69, 9.17) is 14.2 Å². The lowest BCUT2D eigenvalue weighted by Crippen LogP contribution is -2.12. The van der Waals surface area contributed by atoms with Gasteiger partial charge < -0.3 is 14.2 Å². The number of hydrogen-bond acceptors (Lipinski definition) is 6. The topological polar surface area (TPSA) is 86.4 Å². The van der Waals surface area contributed by atoms with E-state index in [1.807, 2.05) is 38.1 Å². The fourth-order valence-corrected chi connectivity index (χ4v) is 3.02. The van der Waals surface area contributed by atoms with Crippen LogP contribution in [0, 0.1) is 25.2 Å². The first-order chi connectivity index (χ1) is 14.1. The number of hydrogen-bond donors (Lipinski definition) is 0. The number of carbonyl (C=O) groups is 1. The fraction of sp³-hybridized carbons (Fsp3) is 0.435. The van der Waals surface area contributed by atoms with Crippen molar-refractivity contribution in [1.29, 1.82) is 5.26 Å². The molecule has 0 fully saturated rings. The average molecular weight is 412 g/mol. The second-order valence-corrected chi connectivity index (χ2v) is 7.92. The van der Waals surface area contributed by atoms with Gasteiger partial charge in [-0.2, -0.15) is 10.4 Å². The van der Waals surface area contributed by atoms with Crippen LogP contribution in [0.25, 0.3) is 11.3 Å². The van der Waals surface area contributed by atoms with E-state index < -0.39 is 6.16 Å². The molecule has 0 aliphatic carbocycles. The van der Waals surface area contributed by atoms with Crippen LogP contribution in [0.2, 0.25) is 0 Å². The van der Waals surface area contributed by atoms with Crippen LogP contribution >= 0.6 is 0 Å². The van der Waals surface area contributed by atoms with Gasteiger partial charge >= 0.3 is 6.16 Å². The molecule has 7 nitrogen and oxygen atoms in total. The molecule has 0 aliphatic heterocycles. The third-order valence-electron chi connectivity index (χ3n) is 4.76. The van der Waals surface area contributed by atoms with Crippen molar-refractivity contribution in [2.24, 2.45) is 7.05 Å². The number of rotatable bonds is 6. The van der Waals surface area contributed by atoms with Crippen molar-refractivity contribution in [3.63, 3.8) is 0 Å². The molecule has 2 aromatic rings. The first-order valence-corrected chi connectivity index (χ1v) is 9.78. The summed E-state index contributed by atoms with van der Waals surface area (Å²) in [4.78, 5) is 11.5. The van der Waals surface area contributed by atoms with Crippen molar-refractivity contribution in [1.82, 2.24) is 9.78 Å². The lowest BCUT2D eigenvalue weighted by Gasteiger charge is -2.19. The van der Waals surface area contributed by atoms with Gasteiger partial charge in [-0.25, -0.2) is 4.79 Å². The Morgan fingerprint density at radius 2 is 1.77 bits per heavy atom. The number of ether oxygens (including phenoxy) is 3. The average Bonchev–Trinajstić information content (AvgIpc) is 2.93. The number of nitrogens with zero attached hydrogens (tertiary/aromatic N) is 3. The minimum atomic E-state index is -0.831. The summed E-state index contributed by atoms with van der Waals surface area (Å²) in [5, 5.41) is 14.4. The predicted octanol–water partition coefficient (Wildman–Crippen LogP) is 4.87. The fourth-order valence-electron chi connectivity index (χ4n) is 3.02. The van der Waals surface area contributed by atoms with Crippen LogP contribution in [-0.4, -0.2) is 29.3 Å². The first kappa shape index (κ1) is 23.0. The van der Waals surface area contributed by atoms with E-state index in [1.54, 1.807) is 18.7 Å². The predicted molar refractivity (Wildman–Crippen MR) is 114 cm³/mol. The highest BCUT2D eigenvalue weighted by molar-refractivity contribution is 5.94. The second-order valence-electron chi connectivity index (χ2n) is 7.92. The molecule has 1 heterocycles. The molecule has 0 unspecified atom stereocenters. The maximum atomic E-state index is 11.5. The maximum absolute atomic E-state index is 11.5. The van der Waals surface area contributed by atoms with Crippen LogP contribution in [0.15, 0.2) is 24.3 Å². The van der Waals surface area contributed by atoms with Gasteiger partial charge in [-0.05, 0) is 37.3 Å². The Balaban J connectivity index is 2.52. The minimum absolute atomic E-state index is 0.00238. The molecule has 0 amide bonds. The van der Waals surface area contributed by atoms with Crippen molar-refractivity contribution in [3.05, 3.63) is 52.3 Å². The molecule has 30 heavy (non-hydrogen) atoms. The summed E-state index contributed by atoms with van der Waals surface area (Å²) in [5.41, 5.74) is 4.53. The number of benzene rings is 1. The number of aryl methyl sites for hydroxylation is 2. The van der Waals surface area contributed by atoms with Gasteiger partial charge in [0.15, 0.2) is 5.76 Å². The van der Waals surface area contributed by atoms with E-state index in [9.17, 15) is 10.1 Å². The summed E-state index contributed by atoms with van der Waals surface area (Å²) >= 11 is 0. The van der Waals surface area contributed by atoms with Crippen molar-refractivity contribution in [3.8, 4) is 6.07 Å². The molecule has 0 saturated heterocycles. The second kappa shape index (κ2) is 9.49. The number of nitriles is 1. The Bertz CT molecular complexity index is 974. The van der Waals surface area contributed by atoms with Crippen molar-refractivity contribution >= 4 is 17.5 Å². The highest BCUT2D eigenvalue weighted by atomic mass is 16.8. The van der Waals surface area contributed by atoms with Gasteiger partial charge in [-0.3, -0.25) is 4.68 Å². The van der Waals surface area contributed by atoms with Crippen molar-refractivity contribution in [2.75, 3.05) is 13.4 Å². The molecule has 1 aromatic heterocycles. The summed E-state index contributed by atoms with van der Waals surface area (Å²) in [6.45, 7) is 11.7. The Kier molecular flexibility index (Phi) is 7.28. The molecule has 7 heteroatoms. The molecule has 0 spiro atoms. The van der Waals surface area contributed by atoms with Gasteiger partial charge in [0, 0.05) is 12.6 Å². The van der Waals surface area contributed by atoms with Crippen LogP contribution < -0.4 is 0 Å². The highest BCUT2D eigenvalue weighted by Gasteiger charge is 2.22. The lowest BCUT2D eigenvalue weighted by molar-refractivity contribution is -0.00370. The van der Waals surface area contributed by atoms with Crippen LogP contribution in [-0.2, 0) is 26.7 Å². The monoisotopic (exact) mass is 411 g/mol. The number of carbonyl (C=O) groups excluding carboxylic acids is 1. The zero-order valence-corrected chi connectivity index (χ0v) is 18.7. The van der Waals surface area contributed by atoms with Crippen LogP contribution in [0.1, 0.15) is 55.8 Å². The maximum Gasteiger partial charge on any atom is 0.511 e. The Morgan fingerprint density at radius 1 is 1.13 bits per heavy atom. The van der Waals surface area contributed by atoms with Crippen LogP contribution in [0.3, 0.4) is 0 Å². The molecule has 0 radical (unpaired) electrons. The third kappa shape index (κ3) is 5.20. The zero-order chi connectivity index (χ0) is 22.5. The van der Waals surface area contributed by atoms with Gasteiger partial charge in [-0.1, -0.05) is 45.0 Å². The van der Waals surface area contributed by atoms with E-state index in [0.717, 1.165) is 16.8 Å². The molecule has 0 aliphatic rings. The third-order valence-corrected chi connectivity index (χ3v) is 4.76. The van der Waals surface area contributed by atoms with Crippen molar-refractivity contribution < 1.29 is 19.0 Å². The highest BCUT2D eigenvalue weighted by Crippen LogP contribution is 2.31. The molecule has 0 saturated carbocycles. The summed E-state index contributed by atoms with van der Waals surface area (Å²) in [6, 6.07) is 10.0. The summed E-state index contributed by atoms with van der Waals surface area (Å²) in [5.74, 6) is 0.297. The van der Waals surface area contributed by atoms with Gasteiger partial charge in [0.25, 0.3) is 0 Å². The Morgan fingerprint density at radius 3 is 2.23 bits per heavy atom. The first-order valence-electron chi connectivity index (χ1n) is 9.78. The van der Waals surface area contributed by atoms with Crippen LogP contribution in [0.5, 0.6) is 0 Å². The largest absolute Gasteiger partial charge is 0.511 e. The van der Waals surface area contributed by atoms with Gasteiger partial charge in [-0.15, -0.1) is 0 Å². The molecule has 2 rings (SSSR count). The van der Waals surface area contributed by atoms with E-state index in [0.29, 0.717) is 22.6 Å². The molecule has 1 aromatic carbocycles. The van der Waals surface area contributed by atoms with Crippen molar-refractivity contribution in [2.45, 2.75) is 47.0 Å². The normalized spacial score (nSPS) is 12.1. The summed E-state index contributed by atoms with van der Waals surface area (Å²) in [7, 11) is 1.78. The Labute approximate surface area is 177 Å². The van der Waals surface area contributed by atoms with Crippen LogP contribution in [0.4, 0.5) is 4.79 Å². The number of aromatic nitrogens is 2. The molecule has 0 bridgehead atoms.